The van der Waals surface area contributed by atoms with Crippen molar-refractivity contribution >= 4 is 27.4 Å². The van der Waals surface area contributed by atoms with Crippen molar-refractivity contribution in [2.45, 2.75) is 18.9 Å². The number of halogens is 1. The van der Waals surface area contributed by atoms with Crippen LogP contribution in [0.4, 0.5) is 5.82 Å². The zero-order valence-corrected chi connectivity index (χ0v) is 12.0. The third-order valence-electron chi connectivity index (χ3n) is 3.25. The zero-order valence-electron chi connectivity index (χ0n) is 10.4. The van der Waals surface area contributed by atoms with Gasteiger partial charge in [0.2, 0.25) is 0 Å². The highest BCUT2D eigenvalue weighted by Crippen LogP contribution is 2.19. The van der Waals surface area contributed by atoms with E-state index in [9.17, 15) is 0 Å². The fourth-order valence-corrected chi connectivity index (χ4v) is 2.46. The molecule has 1 aliphatic heterocycles. The first-order valence-corrected chi connectivity index (χ1v) is 7.47. The second kappa shape index (κ2) is 5.79. The molecule has 2 aromatic rings. The molecule has 0 atom stereocenters. The van der Waals surface area contributed by atoms with Gasteiger partial charge in [-0.3, -0.25) is 0 Å². The molecule has 102 valence electrons. The number of hydrogen-bond acceptors (Lipinski definition) is 6. The SMILES string of the molecule is BrCCOC1CCN(c2ccc3nnnn3n2)CC1. The van der Waals surface area contributed by atoms with Gasteiger partial charge in [-0.2, -0.15) is 0 Å². The van der Waals surface area contributed by atoms with Crippen molar-refractivity contribution in [1.82, 2.24) is 25.3 Å². The molecule has 0 saturated carbocycles. The summed E-state index contributed by atoms with van der Waals surface area (Å²) in [6.45, 7) is 2.68. The van der Waals surface area contributed by atoms with E-state index < -0.39 is 0 Å². The summed E-state index contributed by atoms with van der Waals surface area (Å²) in [6, 6.07) is 3.85. The van der Waals surface area contributed by atoms with E-state index in [1.165, 1.54) is 4.63 Å². The molecule has 3 rings (SSSR count). The fraction of sp³-hybridized carbons (Fsp3) is 0.636. The van der Waals surface area contributed by atoms with E-state index in [1.807, 2.05) is 12.1 Å². The van der Waals surface area contributed by atoms with Gasteiger partial charge in [-0.1, -0.05) is 15.9 Å². The van der Waals surface area contributed by atoms with Gasteiger partial charge in [-0.25, -0.2) is 0 Å². The zero-order chi connectivity index (χ0) is 13.1. The lowest BCUT2D eigenvalue weighted by atomic mass is 10.1. The summed E-state index contributed by atoms with van der Waals surface area (Å²) < 4.78 is 7.20. The first kappa shape index (κ1) is 12.7. The number of nitrogens with zero attached hydrogens (tertiary/aromatic N) is 6. The maximum Gasteiger partial charge on any atom is 0.200 e. The Morgan fingerprint density at radius 1 is 1.32 bits per heavy atom. The van der Waals surface area contributed by atoms with Crippen LogP contribution in [0.15, 0.2) is 12.1 Å². The molecule has 19 heavy (non-hydrogen) atoms. The van der Waals surface area contributed by atoms with Gasteiger partial charge in [-0.15, -0.1) is 14.8 Å². The maximum absolute atomic E-state index is 5.74. The summed E-state index contributed by atoms with van der Waals surface area (Å²) in [5, 5.41) is 16.6. The van der Waals surface area contributed by atoms with Gasteiger partial charge in [0, 0.05) is 18.4 Å². The van der Waals surface area contributed by atoms with E-state index in [0.29, 0.717) is 11.8 Å². The van der Waals surface area contributed by atoms with Crippen molar-refractivity contribution in [3.05, 3.63) is 12.1 Å². The van der Waals surface area contributed by atoms with Crippen molar-refractivity contribution in [2.75, 3.05) is 29.9 Å². The number of rotatable bonds is 4. The minimum Gasteiger partial charge on any atom is -0.377 e. The van der Waals surface area contributed by atoms with Gasteiger partial charge < -0.3 is 9.64 Å². The van der Waals surface area contributed by atoms with Gasteiger partial charge in [-0.05, 0) is 35.4 Å². The van der Waals surface area contributed by atoms with Gasteiger partial charge >= 0.3 is 0 Å². The molecule has 1 fully saturated rings. The summed E-state index contributed by atoms with van der Waals surface area (Å²) in [5.74, 6) is 0.916. The van der Waals surface area contributed by atoms with E-state index in [-0.39, 0.29) is 0 Å². The maximum atomic E-state index is 5.74. The second-order valence-corrected chi connectivity index (χ2v) is 5.26. The topological polar surface area (TPSA) is 68.4 Å². The Morgan fingerprint density at radius 2 is 2.16 bits per heavy atom. The third-order valence-corrected chi connectivity index (χ3v) is 3.58. The monoisotopic (exact) mass is 326 g/mol. The van der Waals surface area contributed by atoms with E-state index in [0.717, 1.165) is 43.7 Å². The van der Waals surface area contributed by atoms with Crippen LogP contribution in [0, 0.1) is 0 Å². The summed E-state index contributed by atoms with van der Waals surface area (Å²) in [7, 11) is 0. The van der Waals surface area contributed by atoms with Gasteiger partial charge in [0.15, 0.2) is 11.5 Å². The molecule has 0 aliphatic carbocycles. The Balaban J connectivity index is 1.64. The molecule has 2 aromatic heterocycles. The van der Waals surface area contributed by atoms with Gasteiger partial charge in [0.1, 0.15) is 0 Å². The molecular formula is C11H15BrN6O. The Kier molecular flexibility index (Phi) is 3.88. The molecule has 0 spiro atoms. The number of alkyl halides is 1. The predicted octanol–water partition coefficient (Wildman–Crippen LogP) is 0.900. The fourth-order valence-electron chi connectivity index (χ4n) is 2.27. The molecule has 3 heterocycles. The third kappa shape index (κ3) is 2.84. The number of fused-ring (bicyclic) bond motifs is 1. The smallest absolute Gasteiger partial charge is 0.200 e. The van der Waals surface area contributed by atoms with Crippen LogP contribution in [0.3, 0.4) is 0 Å². The molecule has 0 amide bonds. The molecule has 8 heteroatoms. The molecule has 0 radical (unpaired) electrons. The number of aromatic nitrogens is 5. The van der Waals surface area contributed by atoms with Gasteiger partial charge in [0.25, 0.3) is 0 Å². The Morgan fingerprint density at radius 3 is 2.95 bits per heavy atom. The Labute approximate surface area is 119 Å². The van der Waals surface area contributed by atoms with Crippen LogP contribution in [0.1, 0.15) is 12.8 Å². The van der Waals surface area contributed by atoms with Crippen LogP contribution in [0.2, 0.25) is 0 Å². The lowest BCUT2D eigenvalue weighted by Crippen LogP contribution is -2.38. The van der Waals surface area contributed by atoms with Crippen molar-refractivity contribution in [1.29, 1.82) is 0 Å². The number of piperidine rings is 1. The van der Waals surface area contributed by atoms with Crippen LogP contribution in [0.25, 0.3) is 5.65 Å². The van der Waals surface area contributed by atoms with E-state index in [1.54, 1.807) is 0 Å². The lowest BCUT2D eigenvalue weighted by Gasteiger charge is -2.32. The molecule has 1 saturated heterocycles. The summed E-state index contributed by atoms with van der Waals surface area (Å²) in [5.41, 5.74) is 0.666. The average molecular weight is 327 g/mol. The standard InChI is InChI=1S/C11H15BrN6O/c12-5-8-19-9-3-6-17(7-4-9)11-2-1-10-13-15-16-18(10)14-11/h1-2,9H,3-8H2. The van der Waals surface area contributed by atoms with Crippen LogP contribution in [-0.4, -0.2) is 56.4 Å². The molecule has 0 unspecified atom stereocenters. The van der Waals surface area contributed by atoms with Crippen molar-refractivity contribution in [2.24, 2.45) is 0 Å². The summed E-state index contributed by atoms with van der Waals surface area (Å²) >= 11 is 3.38. The number of tetrazole rings is 1. The number of ether oxygens (including phenoxy) is 1. The quantitative estimate of drug-likeness (QED) is 0.777. The van der Waals surface area contributed by atoms with Crippen LogP contribution in [0.5, 0.6) is 0 Å². The normalized spacial score (nSPS) is 17.2. The average Bonchev–Trinajstić information content (AvgIpc) is 2.93. The summed E-state index contributed by atoms with van der Waals surface area (Å²) in [6.07, 6.45) is 2.43. The molecule has 7 nitrogen and oxygen atoms in total. The van der Waals surface area contributed by atoms with Crippen molar-refractivity contribution < 1.29 is 4.74 Å². The highest BCUT2D eigenvalue weighted by atomic mass is 79.9. The van der Waals surface area contributed by atoms with Gasteiger partial charge in [0.05, 0.1) is 12.7 Å². The highest BCUT2D eigenvalue weighted by Gasteiger charge is 2.20. The first-order chi connectivity index (χ1) is 9.36. The van der Waals surface area contributed by atoms with Crippen LogP contribution >= 0.6 is 15.9 Å². The highest BCUT2D eigenvalue weighted by molar-refractivity contribution is 9.09. The van der Waals surface area contributed by atoms with E-state index in [2.05, 4.69) is 41.5 Å². The lowest BCUT2D eigenvalue weighted by molar-refractivity contribution is 0.0480. The van der Waals surface area contributed by atoms with Crippen molar-refractivity contribution in [3.8, 4) is 0 Å². The van der Waals surface area contributed by atoms with E-state index in [4.69, 9.17) is 4.74 Å². The Hall–Kier alpha value is -1.28. The first-order valence-electron chi connectivity index (χ1n) is 6.35. The van der Waals surface area contributed by atoms with Crippen molar-refractivity contribution in [3.63, 3.8) is 0 Å². The minimum absolute atomic E-state index is 0.366. The summed E-state index contributed by atoms with van der Waals surface area (Å²) in [4.78, 5) is 2.25. The number of hydrogen-bond donors (Lipinski definition) is 0. The largest absolute Gasteiger partial charge is 0.377 e. The Bertz CT molecular complexity index is 539. The molecule has 0 aromatic carbocycles. The molecule has 0 N–H and O–H groups in total. The van der Waals surface area contributed by atoms with Crippen LogP contribution in [-0.2, 0) is 4.74 Å². The van der Waals surface area contributed by atoms with E-state index >= 15 is 0 Å². The number of anilines is 1. The minimum atomic E-state index is 0.366. The second-order valence-electron chi connectivity index (χ2n) is 4.46. The molecular weight excluding hydrogens is 312 g/mol. The van der Waals surface area contributed by atoms with Crippen LogP contribution < -0.4 is 4.90 Å². The predicted molar refractivity (Wildman–Crippen MR) is 73.6 cm³/mol. The molecule has 0 bridgehead atoms. The molecule has 1 aliphatic rings.